The first-order chi connectivity index (χ1) is 1.73. The molecule has 0 aliphatic heterocycles. The minimum Gasteiger partial charge on any atom is -0.134 e. The van der Waals surface area contributed by atoms with Crippen LogP contribution in [0, 0.1) is 0 Å². The molecule has 0 bridgehead atoms. The molecule has 2 N–H and O–H groups in total. The summed E-state index contributed by atoms with van der Waals surface area (Å²) in [5.41, 5.74) is 0. The Bertz CT molecular complexity index is 29.9. The van der Waals surface area contributed by atoms with Crippen LogP contribution in [0.4, 0.5) is 0 Å². The zero-order chi connectivity index (χ0) is 3.58. The summed E-state index contributed by atoms with van der Waals surface area (Å²) < 4.78 is 8.70. The summed E-state index contributed by atoms with van der Waals surface area (Å²) in [7, 11) is -2.87. The van der Waals surface area contributed by atoms with E-state index in [1.807, 2.05) is 0 Å². The van der Waals surface area contributed by atoms with Crippen LogP contribution in [-0.2, 0) is 24.7 Å². The normalized spacial score (nSPS) is 5.20. The number of hydrogen-bond donors (Lipinski definition) is 2. The Balaban J connectivity index is 0. The SMILES string of the molecule is O=[P+](O)O.[Tc]. The minimum atomic E-state index is -2.87. The van der Waals surface area contributed by atoms with Crippen molar-refractivity contribution >= 4 is 8.25 Å². The quantitative estimate of drug-likeness (QED) is 0.498. The Morgan fingerprint density at radius 1 is 1.40 bits per heavy atom. The minimum absolute atomic E-state index is 0. The van der Waals surface area contributed by atoms with E-state index in [-0.39, 0.29) is 20.1 Å². The van der Waals surface area contributed by atoms with E-state index in [2.05, 4.69) is 0 Å². The molecule has 0 unspecified atom stereocenters. The van der Waals surface area contributed by atoms with E-state index in [1.165, 1.54) is 0 Å². The van der Waals surface area contributed by atoms with Gasteiger partial charge in [0, 0.05) is 24.7 Å². The smallest absolute Gasteiger partial charge is 0.134 e. The molecule has 0 aliphatic carbocycles. The van der Waals surface area contributed by atoms with E-state index >= 15 is 0 Å². The molecule has 0 aromatic carbocycles. The third-order valence-corrected chi connectivity index (χ3v) is 0. The van der Waals surface area contributed by atoms with Crippen LogP contribution < -0.4 is 0 Å². The monoisotopic (exact) mass is 178 g/mol. The van der Waals surface area contributed by atoms with Gasteiger partial charge in [0.15, 0.2) is 0 Å². The van der Waals surface area contributed by atoms with Crippen LogP contribution >= 0.6 is 8.25 Å². The molecule has 0 amide bonds. The van der Waals surface area contributed by atoms with E-state index in [0.717, 1.165) is 0 Å². The van der Waals surface area contributed by atoms with Crippen molar-refractivity contribution in [2.45, 2.75) is 0 Å². The van der Waals surface area contributed by atoms with Crippen LogP contribution in [0.5, 0.6) is 0 Å². The molecule has 0 aromatic rings. The summed E-state index contributed by atoms with van der Waals surface area (Å²) in [6.07, 6.45) is 0. The van der Waals surface area contributed by atoms with Crippen molar-refractivity contribution in [3.8, 4) is 0 Å². The summed E-state index contributed by atoms with van der Waals surface area (Å²) in [6, 6.07) is 0. The van der Waals surface area contributed by atoms with E-state index in [4.69, 9.17) is 14.4 Å². The Hall–Kier alpha value is 0.669. The second-order valence-corrected chi connectivity index (χ2v) is 0.758. The van der Waals surface area contributed by atoms with Crippen LogP contribution in [0.15, 0.2) is 0 Å². The molecule has 3 nitrogen and oxygen atoms in total. The van der Waals surface area contributed by atoms with Crippen molar-refractivity contribution in [3.63, 3.8) is 0 Å². The fourth-order valence-electron chi connectivity index (χ4n) is 0. The zero-order valence-corrected chi connectivity index (χ0v) is 4.88. The van der Waals surface area contributed by atoms with Gasteiger partial charge < -0.3 is 0 Å². The topological polar surface area (TPSA) is 57.5 Å². The number of rotatable bonds is 0. The molecular formula is H2O3PTc+. The van der Waals surface area contributed by atoms with E-state index in [9.17, 15) is 0 Å². The molecule has 0 fully saturated rings. The second-order valence-electron chi connectivity index (χ2n) is 0.253. The Morgan fingerprint density at radius 2 is 1.40 bits per heavy atom. The Morgan fingerprint density at radius 3 is 1.40 bits per heavy atom. The van der Waals surface area contributed by atoms with Crippen molar-refractivity contribution < 1.29 is 34.5 Å². The maximum Gasteiger partial charge on any atom is 0.692 e. The van der Waals surface area contributed by atoms with Gasteiger partial charge in [-0.05, 0) is 0 Å². The largest absolute Gasteiger partial charge is 0.692 e. The molecule has 0 spiro atoms. The van der Waals surface area contributed by atoms with E-state index < -0.39 is 8.25 Å². The predicted molar refractivity (Wildman–Crippen MR) is 12.0 cm³/mol. The third kappa shape index (κ3) is 74.3. The standard InChI is InChI=1S/HO3P.Tc/c1-4(2)3;/h(H-,1,2,3);/p+1. The van der Waals surface area contributed by atoms with Gasteiger partial charge in [-0.25, -0.2) is 0 Å². The average Bonchev–Trinajstić information content (AvgIpc) is 0.811. The fraction of sp³-hybridized carbons (Fsp3) is 0. The van der Waals surface area contributed by atoms with Gasteiger partial charge in [0.1, 0.15) is 0 Å². The second kappa shape index (κ2) is 4.67. The van der Waals surface area contributed by atoms with E-state index in [1.54, 1.807) is 0 Å². The molecule has 31 valence electrons. The molecule has 0 atom stereocenters. The molecule has 0 saturated carbocycles. The molecule has 0 aromatic heterocycles. The first kappa shape index (κ1) is 9.18. The molecule has 0 rings (SSSR count). The summed E-state index contributed by atoms with van der Waals surface area (Å²) in [6.45, 7) is 0. The maximum absolute atomic E-state index is 8.70. The molecular weight excluding hydrogens is 177 g/mol. The van der Waals surface area contributed by atoms with Crippen LogP contribution in [-0.4, -0.2) is 9.79 Å². The van der Waals surface area contributed by atoms with Gasteiger partial charge in [0.2, 0.25) is 0 Å². The summed E-state index contributed by atoms with van der Waals surface area (Å²) in [5, 5.41) is 0. The molecule has 5 heteroatoms. The maximum atomic E-state index is 8.70. The first-order valence-electron chi connectivity index (χ1n) is 0.583. The van der Waals surface area contributed by atoms with Gasteiger partial charge in [-0.1, -0.05) is 0 Å². The molecule has 5 heavy (non-hydrogen) atoms. The van der Waals surface area contributed by atoms with Gasteiger partial charge in [0.05, 0.1) is 0 Å². The van der Waals surface area contributed by atoms with Crippen molar-refractivity contribution in [1.29, 1.82) is 0 Å². The van der Waals surface area contributed by atoms with Crippen LogP contribution in [0.3, 0.4) is 0 Å². The van der Waals surface area contributed by atoms with Gasteiger partial charge in [-0.3, -0.25) is 0 Å². The first-order valence-corrected chi connectivity index (χ1v) is 1.75. The molecule has 1 radical (unpaired) electrons. The van der Waals surface area contributed by atoms with Crippen molar-refractivity contribution in [1.82, 2.24) is 0 Å². The van der Waals surface area contributed by atoms with Crippen LogP contribution in [0.2, 0.25) is 0 Å². The summed E-state index contributed by atoms with van der Waals surface area (Å²) in [4.78, 5) is 14.2. The van der Waals surface area contributed by atoms with E-state index in [0.29, 0.717) is 0 Å². The number of hydrogen-bond acceptors (Lipinski definition) is 1. The van der Waals surface area contributed by atoms with Crippen molar-refractivity contribution in [2.24, 2.45) is 0 Å². The average molecular weight is 179 g/mol. The van der Waals surface area contributed by atoms with Crippen LogP contribution in [0.25, 0.3) is 0 Å². The molecule has 0 aliphatic rings. The third-order valence-electron chi connectivity index (χ3n) is 0. The Kier molecular flexibility index (Phi) is 8.57. The van der Waals surface area contributed by atoms with Crippen molar-refractivity contribution in [2.75, 3.05) is 0 Å². The Labute approximate surface area is 43.3 Å². The molecule has 0 heterocycles. The summed E-state index contributed by atoms with van der Waals surface area (Å²) >= 11 is 0. The van der Waals surface area contributed by atoms with Crippen molar-refractivity contribution in [3.05, 3.63) is 0 Å². The van der Waals surface area contributed by atoms with Crippen LogP contribution in [0.1, 0.15) is 0 Å². The molecule has 0 saturated heterocycles. The van der Waals surface area contributed by atoms with Gasteiger partial charge in [-0.2, -0.15) is 0 Å². The predicted octanol–water partition coefficient (Wildman–Crippen LogP) is -0.374. The summed E-state index contributed by atoms with van der Waals surface area (Å²) in [5.74, 6) is 0. The van der Waals surface area contributed by atoms with Gasteiger partial charge >= 0.3 is 8.25 Å². The van der Waals surface area contributed by atoms with Gasteiger partial charge in [0.25, 0.3) is 0 Å². The fourth-order valence-corrected chi connectivity index (χ4v) is 0. The van der Waals surface area contributed by atoms with Gasteiger partial charge in [-0.15, -0.1) is 9.79 Å². The zero-order valence-electron chi connectivity index (χ0n) is 2.13.